The molecule has 0 N–H and O–H groups in total. The Balaban J connectivity index is 2.26. The van der Waals surface area contributed by atoms with E-state index in [1.54, 1.807) is 11.8 Å². The predicted octanol–water partition coefficient (Wildman–Crippen LogP) is 2.82. The zero-order valence-electron chi connectivity index (χ0n) is 8.73. The Morgan fingerprint density at radius 2 is 2.40 bits per heavy atom. The summed E-state index contributed by atoms with van der Waals surface area (Å²) in [7, 11) is 0. The number of hydrogen-bond acceptors (Lipinski definition) is 3. The number of aryl methyl sites for hydroxylation is 1. The molecule has 0 aliphatic carbocycles. The van der Waals surface area contributed by atoms with Crippen LogP contribution in [-0.4, -0.2) is 18.3 Å². The van der Waals surface area contributed by atoms with E-state index in [1.165, 1.54) is 16.5 Å². The largest absolute Gasteiger partial charge is 0.462 e. The molecular weight excluding hydrogens is 208 g/mol. The molecule has 15 heavy (non-hydrogen) atoms. The van der Waals surface area contributed by atoms with Gasteiger partial charge in [0.05, 0.1) is 0 Å². The van der Waals surface area contributed by atoms with Crippen LogP contribution >= 0.6 is 11.8 Å². The summed E-state index contributed by atoms with van der Waals surface area (Å²) in [6.07, 6.45) is 1.18. The van der Waals surface area contributed by atoms with E-state index in [9.17, 15) is 4.79 Å². The average Bonchev–Trinajstić information content (AvgIpc) is 2.24. The van der Waals surface area contributed by atoms with Gasteiger partial charge < -0.3 is 4.74 Å². The Labute approximate surface area is 94.3 Å². The molecule has 80 valence electrons. The molecule has 1 rings (SSSR count). The molecule has 0 fully saturated rings. The van der Waals surface area contributed by atoms with Crippen molar-refractivity contribution in [1.82, 2.24) is 0 Å². The van der Waals surface area contributed by atoms with Gasteiger partial charge in [0, 0.05) is 16.7 Å². The summed E-state index contributed by atoms with van der Waals surface area (Å²) in [5, 5.41) is 0. The van der Waals surface area contributed by atoms with Gasteiger partial charge >= 0.3 is 5.97 Å². The van der Waals surface area contributed by atoms with Crippen LogP contribution < -0.4 is 0 Å². The van der Waals surface area contributed by atoms with Gasteiger partial charge in [-0.1, -0.05) is 24.3 Å². The lowest BCUT2D eigenvalue weighted by Gasteiger charge is -2.03. The molecule has 0 saturated carbocycles. The van der Waals surface area contributed by atoms with Gasteiger partial charge in [-0.3, -0.25) is 0 Å². The van der Waals surface area contributed by atoms with Crippen molar-refractivity contribution in [1.29, 1.82) is 0 Å². The molecule has 0 unspecified atom stereocenters. The molecule has 3 heteroatoms. The first-order valence-corrected chi connectivity index (χ1v) is 5.69. The number of rotatable bonds is 5. The Bertz CT molecular complexity index is 347. The maximum absolute atomic E-state index is 10.7. The summed E-state index contributed by atoms with van der Waals surface area (Å²) < 4.78 is 4.87. The number of hydrogen-bond donors (Lipinski definition) is 0. The smallest absolute Gasteiger partial charge is 0.330 e. The van der Waals surface area contributed by atoms with E-state index in [0.29, 0.717) is 6.61 Å². The lowest BCUT2D eigenvalue weighted by molar-refractivity contribution is -0.137. The van der Waals surface area contributed by atoms with Gasteiger partial charge in [-0.05, 0) is 19.1 Å². The third kappa shape index (κ3) is 4.70. The van der Waals surface area contributed by atoms with Crippen molar-refractivity contribution in [3.8, 4) is 0 Å². The van der Waals surface area contributed by atoms with Crippen LogP contribution in [-0.2, 0) is 9.53 Å². The highest BCUT2D eigenvalue weighted by Gasteiger charge is 1.97. The molecule has 0 aromatic heterocycles. The molecule has 1 aromatic rings. The van der Waals surface area contributed by atoms with E-state index in [2.05, 4.69) is 25.6 Å². The summed E-state index contributed by atoms with van der Waals surface area (Å²) >= 11 is 1.68. The molecule has 0 heterocycles. The van der Waals surface area contributed by atoms with Gasteiger partial charge in [-0.2, -0.15) is 0 Å². The van der Waals surface area contributed by atoms with Crippen molar-refractivity contribution < 1.29 is 9.53 Å². The quantitative estimate of drug-likeness (QED) is 0.332. The van der Waals surface area contributed by atoms with Gasteiger partial charge in [-0.15, -0.1) is 11.8 Å². The Hall–Kier alpha value is -1.22. The van der Waals surface area contributed by atoms with E-state index >= 15 is 0 Å². The SMILES string of the molecule is C=CC(=O)OCCSc1cccc(C)c1. The molecule has 0 radical (unpaired) electrons. The van der Waals surface area contributed by atoms with Crippen LogP contribution in [0.25, 0.3) is 0 Å². The molecule has 1 aromatic carbocycles. The maximum Gasteiger partial charge on any atom is 0.330 e. The third-order valence-corrected chi connectivity index (χ3v) is 2.71. The van der Waals surface area contributed by atoms with Crippen molar-refractivity contribution in [2.24, 2.45) is 0 Å². The van der Waals surface area contributed by atoms with Gasteiger partial charge in [0.1, 0.15) is 6.61 Å². The highest BCUT2D eigenvalue weighted by molar-refractivity contribution is 7.99. The molecule has 2 nitrogen and oxygen atoms in total. The van der Waals surface area contributed by atoms with Crippen LogP contribution in [0.5, 0.6) is 0 Å². The zero-order chi connectivity index (χ0) is 11.1. The van der Waals surface area contributed by atoms with Gasteiger partial charge in [0.15, 0.2) is 0 Å². The van der Waals surface area contributed by atoms with E-state index in [0.717, 1.165) is 5.75 Å². The molecule has 0 amide bonds. The average molecular weight is 222 g/mol. The topological polar surface area (TPSA) is 26.3 Å². The normalized spacial score (nSPS) is 9.67. The second kappa shape index (κ2) is 6.30. The third-order valence-electron chi connectivity index (χ3n) is 1.75. The van der Waals surface area contributed by atoms with E-state index in [-0.39, 0.29) is 5.97 Å². The van der Waals surface area contributed by atoms with Gasteiger partial charge in [0.2, 0.25) is 0 Å². The molecule has 0 atom stereocenters. The highest BCUT2D eigenvalue weighted by Crippen LogP contribution is 2.18. The fourth-order valence-electron chi connectivity index (χ4n) is 1.07. The van der Waals surface area contributed by atoms with E-state index in [4.69, 9.17) is 4.74 Å². The van der Waals surface area contributed by atoms with Crippen molar-refractivity contribution in [2.45, 2.75) is 11.8 Å². The Kier molecular flexibility index (Phi) is 4.98. The Morgan fingerprint density at radius 3 is 3.07 bits per heavy atom. The first-order chi connectivity index (χ1) is 7.22. The van der Waals surface area contributed by atoms with Gasteiger partial charge in [0.25, 0.3) is 0 Å². The summed E-state index contributed by atoms with van der Waals surface area (Å²) in [6, 6.07) is 8.24. The fourth-order valence-corrected chi connectivity index (χ4v) is 1.91. The first-order valence-electron chi connectivity index (χ1n) is 4.71. The van der Waals surface area contributed by atoms with Crippen LogP contribution in [0, 0.1) is 6.92 Å². The van der Waals surface area contributed by atoms with Crippen LogP contribution in [0.3, 0.4) is 0 Å². The van der Waals surface area contributed by atoms with Crippen LogP contribution in [0.15, 0.2) is 41.8 Å². The minimum atomic E-state index is -0.361. The lowest BCUT2D eigenvalue weighted by atomic mass is 10.2. The predicted molar refractivity (Wildman–Crippen MR) is 63.1 cm³/mol. The molecule has 0 aliphatic heterocycles. The number of thioether (sulfide) groups is 1. The summed E-state index contributed by atoms with van der Waals surface area (Å²) in [4.78, 5) is 11.9. The summed E-state index contributed by atoms with van der Waals surface area (Å²) in [5.41, 5.74) is 1.24. The van der Waals surface area contributed by atoms with Crippen LogP contribution in [0.1, 0.15) is 5.56 Å². The summed E-state index contributed by atoms with van der Waals surface area (Å²) in [6.45, 7) is 5.81. The zero-order valence-corrected chi connectivity index (χ0v) is 9.55. The molecule has 0 aliphatic rings. The Morgan fingerprint density at radius 1 is 1.60 bits per heavy atom. The van der Waals surface area contributed by atoms with E-state index < -0.39 is 0 Å². The van der Waals surface area contributed by atoms with Crippen LogP contribution in [0.2, 0.25) is 0 Å². The molecular formula is C12H14O2S. The highest BCUT2D eigenvalue weighted by atomic mass is 32.2. The monoisotopic (exact) mass is 222 g/mol. The fraction of sp³-hybridized carbons (Fsp3) is 0.250. The maximum atomic E-state index is 10.7. The molecule has 0 bridgehead atoms. The lowest BCUT2D eigenvalue weighted by Crippen LogP contribution is -2.03. The second-order valence-corrected chi connectivity index (χ2v) is 4.20. The number of benzene rings is 1. The van der Waals surface area contributed by atoms with E-state index in [1.807, 2.05) is 12.1 Å². The van der Waals surface area contributed by atoms with Crippen molar-refractivity contribution in [3.63, 3.8) is 0 Å². The van der Waals surface area contributed by atoms with Gasteiger partial charge in [-0.25, -0.2) is 4.79 Å². The number of esters is 1. The van der Waals surface area contributed by atoms with Crippen molar-refractivity contribution in [3.05, 3.63) is 42.5 Å². The van der Waals surface area contributed by atoms with Crippen LogP contribution in [0.4, 0.5) is 0 Å². The standard InChI is InChI=1S/C12H14O2S/c1-3-12(13)14-7-8-15-11-6-4-5-10(2)9-11/h3-6,9H,1,7-8H2,2H3. The minimum absolute atomic E-state index is 0.361. The molecule has 0 saturated heterocycles. The summed E-state index contributed by atoms with van der Waals surface area (Å²) in [5.74, 6) is 0.406. The second-order valence-electron chi connectivity index (χ2n) is 3.04. The minimum Gasteiger partial charge on any atom is -0.462 e. The number of ether oxygens (including phenoxy) is 1. The van der Waals surface area contributed by atoms with Crippen molar-refractivity contribution in [2.75, 3.05) is 12.4 Å². The number of carbonyl (C=O) groups excluding carboxylic acids is 1. The number of carbonyl (C=O) groups is 1. The first kappa shape index (κ1) is 11.9. The van der Waals surface area contributed by atoms with Crippen molar-refractivity contribution >= 4 is 17.7 Å². The molecule has 0 spiro atoms.